The Morgan fingerprint density at radius 3 is 2.57 bits per heavy atom. The number of hydrogen-bond donors (Lipinski definition) is 3. The highest BCUT2D eigenvalue weighted by atomic mass is 31.2. The van der Waals surface area contributed by atoms with Gasteiger partial charge in [-0.05, 0) is 12.1 Å². The first kappa shape index (κ1) is 10.8. The van der Waals surface area contributed by atoms with Gasteiger partial charge in [-0.2, -0.15) is 0 Å². The van der Waals surface area contributed by atoms with Crippen molar-refractivity contribution in [1.82, 2.24) is 4.98 Å². The minimum Gasteiger partial charge on any atom is -0.477 e. The first-order chi connectivity index (χ1) is 6.38. The quantitative estimate of drug-likeness (QED) is 0.634. The first-order valence-electron chi connectivity index (χ1n) is 3.62. The maximum absolute atomic E-state index is 10.6. The minimum atomic E-state index is -4.19. The molecule has 14 heavy (non-hydrogen) atoms. The summed E-state index contributed by atoms with van der Waals surface area (Å²) in [6, 6.07) is 4.01. The number of aromatic nitrogens is 1. The third-order valence-corrected chi connectivity index (χ3v) is 2.13. The summed E-state index contributed by atoms with van der Waals surface area (Å²) in [6.45, 7) is 0. The number of hydrogen-bond acceptors (Lipinski definition) is 3. The Kier molecular flexibility index (Phi) is 3.00. The summed E-state index contributed by atoms with van der Waals surface area (Å²) in [6.07, 6.45) is -0.547. The molecule has 0 fully saturated rings. The third kappa shape index (κ3) is 3.26. The van der Waals surface area contributed by atoms with Gasteiger partial charge in [-0.1, -0.05) is 6.07 Å². The van der Waals surface area contributed by atoms with Crippen LogP contribution >= 0.6 is 7.60 Å². The molecule has 0 aliphatic rings. The van der Waals surface area contributed by atoms with Crippen LogP contribution in [0.2, 0.25) is 0 Å². The van der Waals surface area contributed by atoms with Crippen LogP contribution in [0.4, 0.5) is 0 Å². The van der Waals surface area contributed by atoms with E-state index in [4.69, 9.17) is 14.9 Å². The molecular weight excluding hydrogens is 209 g/mol. The highest BCUT2D eigenvalue weighted by molar-refractivity contribution is 7.50. The maximum Gasteiger partial charge on any atom is 0.354 e. The lowest BCUT2D eigenvalue weighted by Gasteiger charge is -2.03. The maximum atomic E-state index is 10.6. The molecule has 0 aliphatic heterocycles. The van der Waals surface area contributed by atoms with Gasteiger partial charge in [0.2, 0.25) is 0 Å². The summed E-state index contributed by atoms with van der Waals surface area (Å²) in [7, 11) is -4.19. The number of carbonyl (C=O) groups is 1. The van der Waals surface area contributed by atoms with E-state index < -0.39 is 19.7 Å². The standard InChI is InChI=1S/C7H8NO5P/c9-7(10)6-3-1-2-5(8-6)4-14(11,12)13/h1-3H,4H2,(H,9,10)(H2,11,12,13). The fourth-order valence-corrected chi connectivity index (χ4v) is 1.50. The SMILES string of the molecule is O=C(O)c1cccc(CP(=O)(O)O)n1. The lowest BCUT2D eigenvalue weighted by atomic mass is 10.3. The van der Waals surface area contributed by atoms with E-state index in [0.29, 0.717) is 0 Å². The molecule has 0 amide bonds. The van der Waals surface area contributed by atoms with Gasteiger partial charge in [0.15, 0.2) is 0 Å². The summed E-state index contributed by atoms with van der Waals surface area (Å²) in [5.41, 5.74) is -0.158. The molecule has 1 rings (SSSR count). The van der Waals surface area contributed by atoms with Gasteiger partial charge in [-0.25, -0.2) is 9.78 Å². The second-order valence-electron chi connectivity index (χ2n) is 2.64. The second-order valence-corrected chi connectivity index (χ2v) is 4.29. The minimum absolute atomic E-state index is 0.0678. The molecule has 1 heterocycles. The van der Waals surface area contributed by atoms with E-state index in [-0.39, 0.29) is 11.4 Å². The number of nitrogens with zero attached hydrogens (tertiary/aromatic N) is 1. The first-order valence-corrected chi connectivity index (χ1v) is 5.42. The topological polar surface area (TPSA) is 108 Å². The van der Waals surface area contributed by atoms with Gasteiger partial charge in [0, 0.05) is 0 Å². The van der Waals surface area contributed by atoms with E-state index in [9.17, 15) is 9.36 Å². The number of carboxylic acids is 1. The van der Waals surface area contributed by atoms with Crippen molar-refractivity contribution in [1.29, 1.82) is 0 Å². The predicted molar refractivity (Wildman–Crippen MR) is 46.9 cm³/mol. The average Bonchev–Trinajstić information content (AvgIpc) is 2.01. The molecular formula is C7H8NO5P. The van der Waals surface area contributed by atoms with E-state index in [0.717, 1.165) is 0 Å². The van der Waals surface area contributed by atoms with Crippen molar-refractivity contribution < 1.29 is 24.3 Å². The third-order valence-electron chi connectivity index (χ3n) is 1.39. The second kappa shape index (κ2) is 3.88. The largest absolute Gasteiger partial charge is 0.477 e. The van der Waals surface area contributed by atoms with E-state index in [1.54, 1.807) is 0 Å². The molecule has 0 unspecified atom stereocenters. The summed E-state index contributed by atoms with van der Waals surface area (Å²) in [5, 5.41) is 8.55. The van der Waals surface area contributed by atoms with Crippen molar-refractivity contribution in [3.05, 3.63) is 29.6 Å². The normalized spacial score (nSPS) is 11.3. The van der Waals surface area contributed by atoms with Crippen LogP contribution < -0.4 is 0 Å². The highest BCUT2D eigenvalue weighted by Gasteiger charge is 2.16. The molecule has 1 aromatic heterocycles. The predicted octanol–water partition coefficient (Wildman–Crippen LogP) is 0.457. The Labute approximate surface area is 79.4 Å². The molecule has 0 spiro atoms. The summed E-state index contributed by atoms with van der Waals surface area (Å²) < 4.78 is 10.6. The zero-order valence-electron chi connectivity index (χ0n) is 6.99. The van der Waals surface area contributed by atoms with Crippen LogP contribution in [0.15, 0.2) is 18.2 Å². The van der Waals surface area contributed by atoms with Crippen molar-refractivity contribution >= 4 is 13.6 Å². The summed E-state index contributed by atoms with van der Waals surface area (Å²) in [5.74, 6) is -1.22. The van der Waals surface area contributed by atoms with Crippen LogP contribution in [-0.2, 0) is 10.7 Å². The van der Waals surface area contributed by atoms with Crippen molar-refractivity contribution in [3.63, 3.8) is 0 Å². The smallest absolute Gasteiger partial charge is 0.354 e. The van der Waals surface area contributed by atoms with E-state index in [2.05, 4.69) is 4.98 Å². The van der Waals surface area contributed by atoms with Crippen LogP contribution in [0.25, 0.3) is 0 Å². The Morgan fingerprint density at radius 1 is 1.43 bits per heavy atom. The van der Waals surface area contributed by atoms with Gasteiger partial charge < -0.3 is 14.9 Å². The Hall–Kier alpha value is -1.23. The molecule has 0 radical (unpaired) electrons. The lowest BCUT2D eigenvalue weighted by molar-refractivity contribution is 0.0690. The van der Waals surface area contributed by atoms with Gasteiger partial charge in [-0.3, -0.25) is 4.57 Å². The van der Waals surface area contributed by atoms with Crippen molar-refractivity contribution in [2.45, 2.75) is 6.16 Å². The number of aromatic carboxylic acids is 1. The molecule has 0 bridgehead atoms. The molecule has 0 atom stereocenters. The molecule has 3 N–H and O–H groups in total. The summed E-state index contributed by atoms with van der Waals surface area (Å²) >= 11 is 0. The van der Waals surface area contributed by atoms with Gasteiger partial charge in [0.05, 0.1) is 11.9 Å². The lowest BCUT2D eigenvalue weighted by Crippen LogP contribution is -2.02. The highest BCUT2D eigenvalue weighted by Crippen LogP contribution is 2.38. The van der Waals surface area contributed by atoms with Crippen LogP contribution in [0, 0.1) is 0 Å². The van der Waals surface area contributed by atoms with Crippen LogP contribution in [0.3, 0.4) is 0 Å². The summed E-state index contributed by atoms with van der Waals surface area (Å²) in [4.78, 5) is 31.3. The zero-order chi connectivity index (χ0) is 10.8. The van der Waals surface area contributed by atoms with Crippen LogP contribution in [0.1, 0.15) is 16.2 Å². The van der Waals surface area contributed by atoms with E-state index in [1.807, 2.05) is 0 Å². The van der Waals surface area contributed by atoms with Crippen molar-refractivity contribution in [2.75, 3.05) is 0 Å². The number of carboxylic acid groups (broad SMARTS) is 1. The number of pyridine rings is 1. The molecule has 6 nitrogen and oxygen atoms in total. The Bertz CT molecular complexity index is 399. The molecule has 0 aliphatic carbocycles. The average molecular weight is 217 g/mol. The monoisotopic (exact) mass is 217 g/mol. The molecule has 0 saturated heterocycles. The zero-order valence-corrected chi connectivity index (χ0v) is 7.89. The molecule has 76 valence electrons. The molecule has 0 aromatic carbocycles. The van der Waals surface area contributed by atoms with Crippen molar-refractivity contribution in [3.8, 4) is 0 Å². The van der Waals surface area contributed by atoms with Gasteiger partial charge in [0.1, 0.15) is 5.69 Å². The van der Waals surface area contributed by atoms with E-state index in [1.165, 1.54) is 18.2 Å². The number of rotatable bonds is 3. The Balaban J connectivity index is 2.95. The fraction of sp³-hybridized carbons (Fsp3) is 0.143. The molecule has 1 aromatic rings. The molecule has 0 saturated carbocycles. The Morgan fingerprint density at radius 2 is 2.07 bits per heavy atom. The van der Waals surface area contributed by atoms with Gasteiger partial charge in [-0.15, -0.1) is 0 Å². The van der Waals surface area contributed by atoms with Crippen LogP contribution in [-0.4, -0.2) is 25.8 Å². The van der Waals surface area contributed by atoms with Gasteiger partial charge in [0.25, 0.3) is 0 Å². The van der Waals surface area contributed by atoms with Gasteiger partial charge >= 0.3 is 13.6 Å². The van der Waals surface area contributed by atoms with Crippen LogP contribution in [0.5, 0.6) is 0 Å². The fourth-order valence-electron chi connectivity index (χ4n) is 0.898. The van der Waals surface area contributed by atoms with Crippen molar-refractivity contribution in [2.24, 2.45) is 0 Å². The molecule has 7 heteroatoms. The van der Waals surface area contributed by atoms with E-state index >= 15 is 0 Å².